The quantitative estimate of drug-likeness (QED) is 0.458. The summed E-state index contributed by atoms with van der Waals surface area (Å²) in [5, 5.41) is 0. The Morgan fingerprint density at radius 3 is 2.22 bits per heavy atom. The fraction of sp³-hybridized carbons (Fsp3) is 0.500. The Kier molecular flexibility index (Phi) is 9.22. The first-order chi connectivity index (χ1) is 8.01. The van der Waals surface area contributed by atoms with Gasteiger partial charge in [0.15, 0.2) is 0 Å². The van der Waals surface area contributed by atoms with Crippen molar-refractivity contribution in [2.75, 3.05) is 0 Å². The second-order valence-corrected chi connectivity index (χ2v) is 5.20. The van der Waals surface area contributed by atoms with Gasteiger partial charge >= 0.3 is 37.4 Å². The molecule has 98 valence electrons. The average molecular weight is 282 g/mol. The van der Waals surface area contributed by atoms with Crippen molar-refractivity contribution in [1.82, 2.24) is 0 Å². The number of benzene rings is 1. The van der Waals surface area contributed by atoms with Gasteiger partial charge in [0.2, 0.25) is 0 Å². The molecule has 0 aromatic heterocycles. The molecule has 0 fully saturated rings. The summed E-state index contributed by atoms with van der Waals surface area (Å²) in [6, 6.07) is 6.87. The van der Waals surface area contributed by atoms with Crippen molar-refractivity contribution < 1.29 is 18.9 Å². The Morgan fingerprint density at radius 2 is 1.72 bits per heavy atom. The molecule has 1 rings (SSSR count). The molecule has 0 amide bonds. The van der Waals surface area contributed by atoms with Gasteiger partial charge in [-0.2, -0.15) is 0 Å². The molecular formula is C12H20NaO4P. The standard InChI is InChI=1S/C12H19O4P.Na.H/c1-2-3-4-5-6-11-7-9-12(10-8-11)16-17(13,14)15;;/h7-10H,2-6H2,1H3,(H2,13,14,15);;. The molecule has 0 aliphatic heterocycles. The molecule has 0 heterocycles. The van der Waals surface area contributed by atoms with Crippen LogP contribution in [0, 0.1) is 0 Å². The molecule has 2 N–H and O–H groups in total. The van der Waals surface area contributed by atoms with Crippen molar-refractivity contribution in [3.8, 4) is 5.75 Å². The van der Waals surface area contributed by atoms with Gasteiger partial charge in [0.1, 0.15) is 5.75 Å². The molecule has 0 spiro atoms. The van der Waals surface area contributed by atoms with Gasteiger partial charge in [-0.05, 0) is 30.5 Å². The van der Waals surface area contributed by atoms with E-state index in [0.717, 1.165) is 12.8 Å². The Labute approximate surface area is 130 Å². The number of phosphoric ester groups is 1. The molecule has 0 aliphatic rings. The molecule has 0 radical (unpaired) electrons. The molecule has 0 bridgehead atoms. The van der Waals surface area contributed by atoms with Crippen LogP contribution in [0.4, 0.5) is 0 Å². The predicted molar refractivity (Wildman–Crippen MR) is 74.1 cm³/mol. The number of aryl methyl sites for hydroxylation is 1. The van der Waals surface area contributed by atoms with Gasteiger partial charge in [-0.25, -0.2) is 4.57 Å². The minimum absolute atomic E-state index is 0. The summed E-state index contributed by atoms with van der Waals surface area (Å²) >= 11 is 0. The van der Waals surface area contributed by atoms with E-state index in [0.29, 0.717) is 0 Å². The van der Waals surface area contributed by atoms with E-state index in [2.05, 4.69) is 11.4 Å². The summed E-state index contributed by atoms with van der Waals surface area (Å²) in [5.41, 5.74) is 1.17. The third-order valence-corrected chi connectivity index (χ3v) is 2.92. The van der Waals surface area contributed by atoms with E-state index in [9.17, 15) is 4.57 Å². The summed E-state index contributed by atoms with van der Waals surface area (Å²) in [5.74, 6) is 0.204. The van der Waals surface area contributed by atoms with Crippen LogP contribution < -0.4 is 4.52 Å². The van der Waals surface area contributed by atoms with E-state index < -0.39 is 7.82 Å². The third-order valence-electron chi connectivity index (χ3n) is 2.47. The Hall–Kier alpha value is 0.170. The minimum atomic E-state index is -4.43. The van der Waals surface area contributed by atoms with Gasteiger partial charge in [-0.15, -0.1) is 0 Å². The molecule has 6 heteroatoms. The van der Waals surface area contributed by atoms with E-state index in [1.165, 1.54) is 24.8 Å². The van der Waals surface area contributed by atoms with Crippen LogP contribution in [-0.4, -0.2) is 39.3 Å². The fourth-order valence-corrected chi connectivity index (χ4v) is 2.01. The second-order valence-electron chi connectivity index (χ2n) is 4.04. The van der Waals surface area contributed by atoms with Gasteiger partial charge in [0, 0.05) is 0 Å². The normalized spacial score (nSPS) is 10.8. The Bertz CT molecular complexity index is 374. The zero-order valence-electron chi connectivity index (χ0n) is 10.0. The maximum atomic E-state index is 10.6. The summed E-state index contributed by atoms with van der Waals surface area (Å²) in [6.45, 7) is 2.17. The van der Waals surface area contributed by atoms with Crippen molar-refractivity contribution in [2.45, 2.75) is 39.0 Å². The second kappa shape index (κ2) is 9.13. The van der Waals surface area contributed by atoms with Crippen LogP contribution in [0.15, 0.2) is 24.3 Å². The van der Waals surface area contributed by atoms with E-state index in [1.807, 2.05) is 12.1 Å². The molecule has 4 nitrogen and oxygen atoms in total. The van der Waals surface area contributed by atoms with Crippen LogP contribution in [0.3, 0.4) is 0 Å². The number of unbranched alkanes of at least 4 members (excludes halogenated alkanes) is 3. The SMILES string of the molecule is CCCCCCc1ccc(OP(=O)(O)O)cc1.[NaH]. The van der Waals surface area contributed by atoms with Gasteiger partial charge in [0.25, 0.3) is 0 Å². The first kappa shape index (κ1) is 18.2. The van der Waals surface area contributed by atoms with Crippen molar-refractivity contribution in [3.63, 3.8) is 0 Å². The summed E-state index contributed by atoms with van der Waals surface area (Å²) in [6.07, 6.45) is 5.83. The summed E-state index contributed by atoms with van der Waals surface area (Å²) < 4.78 is 15.1. The average Bonchev–Trinajstić information content (AvgIpc) is 2.25. The molecule has 18 heavy (non-hydrogen) atoms. The zero-order chi connectivity index (χ0) is 12.7. The van der Waals surface area contributed by atoms with Gasteiger partial charge in [-0.1, -0.05) is 38.3 Å². The third kappa shape index (κ3) is 8.30. The van der Waals surface area contributed by atoms with E-state index >= 15 is 0 Å². The number of hydrogen-bond acceptors (Lipinski definition) is 2. The topological polar surface area (TPSA) is 66.8 Å². The van der Waals surface area contributed by atoms with Crippen molar-refractivity contribution in [3.05, 3.63) is 29.8 Å². The van der Waals surface area contributed by atoms with Gasteiger partial charge < -0.3 is 4.52 Å². The van der Waals surface area contributed by atoms with Gasteiger partial charge in [0.05, 0.1) is 0 Å². The van der Waals surface area contributed by atoms with Crippen LogP contribution in [0.5, 0.6) is 5.75 Å². The van der Waals surface area contributed by atoms with Gasteiger partial charge in [-0.3, -0.25) is 9.79 Å². The van der Waals surface area contributed by atoms with Crippen LogP contribution in [0.2, 0.25) is 0 Å². The summed E-state index contributed by atoms with van der Waals surface area (Å²) in [7, 11) is -4.43. The fourth-order valence-electron chi connectivity index (χ4n) is 1.61. The monoisotopic (exact) mass is 282 g/mol. The first-order valence-electron chi connectivity index (χ1n) is 5.85. The molecule has 0 saturated heterocycles. The van der Waals surface area contributed by atoms with Crippen LogP contribution >= 0.6 is 7.82 Å². The van der Waals surface area contributed by atoms with Crippen LogP contribution in [-0.2, 0) is 11.0 Å². The first-order valence-corrected chi connectivity index (χ1v) is 7.38. The molecule has 0 unspecified atom stereocenters. The summed E-state index contributed by atoms with van der Waals surface area (Å²) in [4.78, 5) is 17.3. The van der Waals surface area contributed by atoms with Crippen LogP contribution in [0.1, 0.15) is 38.2 Å². The molecule has 1 aromatic carbocycles. The molecule has 0 atom stereocenters. The molecule has 0 saturated carbocycles. The van der Waals surface area contributed by atoms with E-state index in [-0.39, 0.29) is 35.3 Å². The maximum absolute atomic E-state index is 10.6. The van der Waals surface area contributed by atoms with Crippen molar-refractivity contribution >= 4 is 37.4 Å². The number of hydrogen-bond donors (Lipinski definition) is 2. The molecule has 1 aromatic rings. The van der Waals surface area contributed by atoms with Crippen molar-refractivity contribution in [2.24, 2.45) is 0 Å². The predicted octanol–water partition coefficient (Wildman–Crippen LogP) is 2.63. The zero-order valence-corrected chi connectivity index (χ0v) is 10.9. The number of phosphoric acid groups is 1. The Morgan fingerprint density at radius 1 is 1.11 bits per heavy atom. The number of rotatable bonds is 7. The van der Waals surface area contributed by atoms with Crippen LogP contribution in [0.25, 0.3) is 0 Å². The van der Waals surface area contributed by atoms with Crippen molar-refractivity contribution in [1.29, 1.82) is 0 Å². The molecular weight excluding hydrogens is 262 g/mol. The Balaban J connectivity index is 0.00000289. The van der Waals surface area contributed by atoms with E-state index in [4.69, 9.17) is 9.79 Å². The molecule has 0 aliphatic carbocycles. The van der Waals surface area contributed by atoms with E-state index in [1.54, 1.807) is 12.1 Å².